The lowest BCUT2D eigenvalue weighted by Gasteiger charge is -2.07. The van der Waals surface area contributed by atoms with Crippen LogP contribution in [0.15, 0.2) is 77.3 Å². The van der Waals surface area contributed by atoms with Gasteiger partial charge in [-0.2, -0.15) is 0 Å². The number of rotatable bonds is 2. The Morgan fingerprint density at radius 2 is 1.15 bits per heavy atom. The van der Waals surface area contributed by atoms with Crippen LogP contribution in [0.5, 0.6) is 5.75 Å². The number of halogens is 1. The van der Waals surface area contributed by atoms with Crippen molar-refractivity contribution in [3.63, 3.8) is 0 Å². The Hall–Kier alpha value is -2.06. The SMILES string of the molecule is Oc1ccc(-c2cccc(-c3cccc(Br)c3)c2)cc1. The molecule has 98 valence electrons. The maximum Gasteiger partial charge on any atom is 0.115 e. The summed E-state index contributed by atoms with van der Waals surface area (Å²) in [6.45, 7) is 0. The lowest BCUT2D eigenvalue weighted by molar-refractivity contribution is 0.475. The number of benzene rings is 3. The number of hydrogen-bond acceptors (Lipinski definition) is 1. The highest BCUT2D eigenvalue weighted by molar-refractivity contribution is 9.10. The standard InChI is InChI=1S/C18H13BrO/c19-17-6-2-5-16(12-17)15-4-1-3-14(11-15)13-7-9-18(20)10-8-13/h1-12,20H. The minimum atomic E-state index is 0.289. The van der Waals surface area contributed by atoms with E-state index in [1.54, 1.807) is 12.1 Å². The van der Waals surface area contributed by atoms with Gasteiger partial charge in [0, 0.05) is 4.47 Å². The normalized spacial score (nSPS) is 10.4. The van der Waals surface area contributed by atoms with E-state index in [0.717, 1.165) is 15.6 Å². The molecule has 0 amide bonds. The Bertz CT molecular complexity index is 732. The van der Waals surface area contributed by atoms with Gasteiger partial charge >= 0.3 is 0 Å². The quantitative estimate of drug-likeness (QED) is 0.661. The summed E-state index contributed by atoms with van der Waals surface area (Å²) in [7, 11) is 0. The molecule has 3 aromatic carbocycles. The van der Waals surface area contributed by atoms with E-state index in [-0.39, 0.29) is 5.75 Å². The van der Waals surface area contributed by atoms with Crippen LogP contribution in [0.25, 0.3) is 22.3 Å². The van der Waals surface area contributed by atoms with Crippen molar-refractivity contribution in [2.24, 2.45) is 0 Å². The summed E-state index contributed by atoms with van der Waals surface area (Å²) in [5, 5.41) is 9.36. The third-order valence-electron chi connectivity index (χ3n) is 3.22. The molecule has 0 aromatic heterocycles. The predicted octanol–water partition coefficient (Wildman–Crippen LogP) is 5.49. The molecule has 0 bridgehead atoms. The van der Waals surface area contributed by atoms with Crippen molar-refractivity contribution >= 4 is 15.9 Å². The first kappa shape index (κ1) is 12.9. The van der Waals surface area contributed by atoms with Gasteiger partial charge in [0.1, 0.15) is 5.75 Å². The van der Waals surface area contributed by atoms with Crippen LogP contribution in [0.4, 0.5) is 0 Å². The minimum Gasteiger partial charge on any atom is -0.508 e. The van der Waals surface area contributed by atoms with E-state index in [1.807, 2.05) is 24.3 Å². The highest BCUT2D eigenvalue weighted by Crippen LogP contribution is 2.28. The fourth-order valence-corrected chi connectivity index (χ4v) is 2.60. The van der Waals surface area contributed by atoms with E-state index in [9.17, 15) is 5.11 Å². The average Bonchev–Trinajstić information content (AvgIpc) is 2.48. The van der Waals surface area contributed by atoms with Gasteiger partial charge in [0.15, 0.2) is 0 Å². The van der Waals surface area contributed by atoms with Crippen LogP contribution < -0.4 is 0 Å². The van der Waals surface area contributed by atoms with Crippen molar-refractivity contribution in [1.29, 1.82) is 0 Å². The van der Waals surface area contributed by atoms with Crippen molar-refractivity contribution in [2.75, 3.05) is 0 Å². The molecule has 3 rings (SSSR count). The van der Waals surface area contributed by atoms with Crippen LogP contribution in [0.1, 0.15) is 0 Å². The summed E-state index contributed by atoms with van der Waals surface area (Å²) in [6, 6.07) is 23.9. The number of hydrogen-bond donors (Lipinski definition) is 1. The van der Waals surface area contributed by atoms with Gasteiger partial charge in [0.2, 0.25) is 0 Å². The van der Waals surface area contributed by atoms with Crippen LogP contribution in [-0.4, -0.2) is 5.11 Å². The third-order valence-corrected chi connectivity index (χ3v) is 3.71. The van der Waals surface area contributed by atoms with E-state index in [2.05, 4.69) is 52.3 Å². The lowest BCUT2D eigenvalue weighted by atomic mass is 9.99. The van der Waals surface area contributed by atoms with Gasteiger partial charge < -0.3 is 5.11 Å². The summed E-state index contributed by atoms with van der Waals surface area (Å²) in [4.78, 5) is 0. The number of aromatic hydroxyl groups is 1. The van der Waals surface area contributed by atoms with E-state index < -0.39 is 0 Å². The molecule has 0 atom stereocenters. The molecular formula is C18H13BrO. The molecule has 0 spiro atoms. The highest BCUT2D eigenvalue weighted by Gasteiger charge is 2.02. The van der Waals surface area contributed by atoms with Crippen LogP contribution in [0.2, 0.25) is 0 Å². The molecule has 3 aromatic rings. The van der Waals surface area contributed by atoms with Crippen LogP contribution in [-0.2, 0) is 0 Å². The third kappa shape index (κ3) is 2.75. The summed E-state index contributed by atoms with van der Waals surface area (Å²) in [6.07, 6.45) is 0. The van der Waals surface area contributed by atoms with Gasteiger partial charge in [-0.25, -0.2) is 0 Å². The van der Waals surface area contributed by atoms with Crippen molar-refractivity contribution in [3.05, 3.63) is 77.3 Å². The fraction of sp³-hybridized carbons (Fsp3) is 0. The maximum absolute atomic E-state index is 9.36. The topological polar surface area (TPSA) is 20.2 Å². The summed E-state index contributed by atoms with van der Waals surface area (Å²) in [5.74, 6) is 0.289. The molecule has 0 aliphatic carbocycles. The number of phenolic OH excluding ortho intramolecular Hbond substituents is 1. The summed E-state index contributed by atoms with van der Waals surface area (Å²) in [5.41, 5.74) is 4.60. The van der Waals surface area contributed by atoms with Crippen molar-refractivity contribution in [3.8, 4) is 28.0 Å². The molecule has 0 aliphatic rings. The molecule has 0 aliphatic heterocycles. The maximum atomic E-state index is 9.36. The number of phenols is 1. The zero-order valence-electron chi connectivity index (χ0n) is 10.8. The Labute approximate surface area is 126 Å². The molecule has 0 saturated carbocycles. The van der Waals surface area contributed by atoms with E-state index in [4.69, 9.17) is 0 Å². The first-order valence-corrected chi connectivity index (χ1v) is 7.17. The lowest BCUT2D eigenvalue weighted by Crippen LogP contribution is -1.81. The molecule has 1 nitrogen and oxygen atoms in total. The molecule has 2 heteroatoms. The first-order chi connectivity index (χ1) is 9.72. The second-order valence-corrected chi connectivity index (χ2v) is 5.55. The van der Waals surface area contributed by atoms with Gasteiger partial charge in [-0.1, -0.05) is 58.4 Å². The van der Waals surface area contributed by atoms with Crippen LogP contribution >= 0.6 is 15.9 Å². The molecular weight excluding hydrogens is 312 g/mol. The average molecular weight is 325 g/mol. The van der Waals surface area contributed by atoms with Gasteiger partial charge in [-0.3, -0.25) is 0 Å². The second-order valence-electron chi connectivity index (χ2n) is 4.64. The van der Waals surface area contributed by atoms with E-state index in [0.29, 0.717) is 0 Å². The molecule has 0 saturated heterocycles. The monoisotopic (exact) mass is 324 g/mol. The Morgan fingerprint density at radius 3 is 1.80 bits per heavy atom. The summed E-state index contributed by atoms with van der Waals surface area (Å²) < 4.78 is 1.07. The van der Waals surface area contributed by atoms with Crippen molar-refractivity contribution < 1.29 is 5.11 Å². The van der Waals surface area contributed by atoms with Crippen LogP contribution in [0.3, 0.4) is 0 Å². The molecule has 0 unspecified atom stereocenters. The van der Waals surface area contributed by atoms with Crippen molar-refractivity contribution in [2.45, 2.75) is 0 Å². The van der Waals surface area contributed by atoms with Gasteiger partial charge in [0.05, 0.1) is 0 Å². The molecule has 0 heterocycles. The fourth-order valence-electron chi connectivity index (χ4n) is 2.20. The van der Waals surface area contributed by atoms with Gasteiger partial charge in [-0.15, -0.1) is 0 Å². The molecule has 0 fully saturated rings. The summed E-state index contributed by atoms with van der Waals surface area (Å²) >= 11 is 3.50. The largest absolute Gasteiger partial charge is 0.508 e. The zero-order chi connectivity index (χ0) is 13.9. The van der Waals surface area contributed by atoms with Crippen molar-refractivity contribution in [1.82, 2.24) is 0 Å². The Morgan fingerprint density at radius 1 is 0.600 bits per heavy atom. The minimum absolute atomic E-state index is 0.289. The molecule has 20 heavy (non-hydrogen) atoms. The molecule has 1 N–H and O–H groups in total. The smallest absolute Gasteiger partial charge is 0.115 e. The van der Waals surface area contributed by atoms with E-state index in [1.165, 1.54) is 11.1 Å². The predicted molar refractivity (Wildman–Crippen MR) is 86.7 cm³/mol. The Balaban J connectivity index is 2.03. The van der Waals surface area contributed by atoms with Crippen LogP contribution in [0, 0.1) is 0 Å². The van der Waals surface area contributed by atoms with Gasteiger partial charge in [0.25, 0.3) is 0 Å². The molecule has 0 radical (unpaired) electrons. The first-order valence-electron chi connectivity index (χ1n) is 6.38. The second kappa shape index (κ2) is 5.51. The zero-order valence-corrected chi connectivity index (χ0v) is 12.3. The van der Waals surface area contributed by atoms with E-state index >= 15 is 0 Å². The Kier molecular flexibility index (Phi) is 3.57. The van der Waals surface area contributed by atoms with Gasteiger partial charge in [-0.05, 0) is 52.6 Å². The highest BCUT2D eigenvalue weighted by atomic mass is 79.9.